The van der Waals surface area contributed by atoms with Crippen LogP contribution >= 0.6 is 0 Å². The lowest BCUT2D eigenvalue weighted by atomic mass is 9.81. The summed E-state index contributed by atoms with van der Waals surface area (Å²) in [6.07, 6.45) is 1.72. The van der Waals surface area contributed by atoms with Gasteiger partial charge in [-0.2, -0.15) is 5.06 Å². The summed E-state index contributed by atoms with van der Waals surface area (Å²) >= 11 is 0. The summed E-state index contributed by atoms with van der Waals surface area (Å²) in [7, 11) is 0. The number of hydrogen-bond acceptors (Lipinski definition) is 7. The highest BCUT2D eigenvalue weighted by molar-refractivity contribution is 5.82. The lowest BCUT2D eigenvalue weighted by Crippen LogP contribution is -2.61. The summed E-state index contributed by atoms with van der Waals surface area (Å²) in [6, 6.07) is 0. The maximum atomic E-state index is 11.6. The third kappa shape index (κ3) is 5.83. The van der Waals surface area contributed by atoms with E-state index in [9.17, 15) is 19.6 Å². The molecule has 0 unspecified atom stereocenters. The molecule has 2 aliphatic rings. The van der Waals surface area contributed by atoms with Crippen LogP contribution in [0.2, 0.25) is 0 Å². The fourth-order valence-corrected chi connectivity index (χ4v) is 4.36. The molecule has 0 spiro atoms. The quantitative estimate of drug-likeness (QED) is 0.742. The molecule has 2 rings (SSSR count). The number of nitrogens with zero attached hydrogens (tertiary/aromatic N) is 2. The van der Waals surface area contributed by atoms with Gasteiger partial charge in [-0.3, -0.25) is 14.4 Å². The molecule has 0 saturated carbocycles. The fraction of sp³-hybridized carbons (Fsp3) is 0.850. The van der Waals surface area contributed by atoms with E-state index in [1.165, 1.54) is 12.0 Å². The van der Waals surface area contributed by atoms with Gasteiger partial charge in [-0.05, 0) is 55.4 Å². The molecular weight excluding hydrogens is 348 g/mol. The van der Waals surface area contributed by atoms with Gasteiger partial charge in [0.1, 0.15) is 11.6 Å². The molecule has 0 atom stereocenters. The van der Waals surface area contributed by atoms with Crippen molar-refractivity contribution in [1.82, 2.24) is 10.1 Å². The van der Waals surface area contributed by atoms with E-state index in [0.717, 1.165) is 0 Å². The van der Waals surface area contributed by atoms with Crippen LogP contribution in [0.4, 0.5) is 0 Å². The van der Waals surface area contributed by atoms with Crippen LogP contribution in [0.1, 0.15) is 88.0 Å². The first-order chi connectivity index (χ1) is 11.9. The van der Waals surface area contributed by atoms with Crippen molar-refractivity contribution >= 4 is 17.5 Å². The van der Waals surface area contributed by atoms with Gasteiger partial charge in [0.25, 0.3) is 0 Å². The van der Waals surface area contributed by atoms with Crippen molar-refractivity contribution in [2.24, 2.45) is 0 Å². The van der Waals surface area contributed by atoms with Gasteiger partial charge in [-0.1, -0.05) is 0 Å². The Morgan fingerprint density at radius 3 is 1.37 bits per heavy atom. The summed E-state index contributed by atoms with van der Waals surface area (Å²) < 4.78 is 0. The molecule has 0 amide bonds. The zero-order valence-electron chi connectivity index (χ0n) is 18.3. The standard InChI is InChI=1S/C11H19NO3.C9H17NO2/c1-8(13)15-12-10(2,3)6-9(14)7-11(12,4)5;1-8(2)5-7(11)6-9(3,4)10(8)12/h6-7H2,1-5H3;12H,5-6H2,1-4H3. The molecule has 27 heavy (non-hydrogen) atoms. The van der Waals surface area contributed by atoms with Crippen LogP contribution in [0.25, 0.3) is 0 Å². The van der Waals surface area contributed by atoms with Gasteiger partial charge in [0.15, 0.2) is 0 Å². The van der Waals surface area contributed by atoms with Crippen molar-refractivity contribution in [2.45, 2.75) is 110 Å². The van der Waals surface area contributed by atoms with Crippen molar-refractivity contribution in [3.05, 3.63) is 0 Å². The number of Topliss-reactive ketones (excluding diaryl/α,β-unsaturated/α-hetero) is 2. The van der Waals surface area contributed by atoms with Crippen molar-refractivity contribution in [3.63, 3.8) is 0 Å². The molecule has 0 aromatic carbocycles. The highest BCUT2D eigenvalue weighted by atomic mass is 16.7. The van der Waals surface area contributed by atoms with Crippen molar-refractivity contribution in [1.29, 1.82) is 0 Å². The van der Waals surface area contributed by atoms with Crippen LogP contribution in [-0.4, -0.2) is 55.0 Å². The van der Waals surface area contributed by atoms with E-state index >= 15 is 0 Å². The lowest BCUT2D eigenvalue weighted by molar-refractivity contribution is -0.259. The molecule has 2 saturated heterocycles. The molecule has 2 aliphatic heterocycles. The molecule has 0 radical (unpaired) electrons. The SMILES string of the molecule is CC(=O)ON1C(C)(C)CC(=O)CC1(C)C.CC1(C)CC(=O)CC(C)(C)N1O. The van der Waals surface area contributed by atoms with Gasteiger partial charge in [-0.25, -0.2) is 0 Å². The summed E-state index contributed by atoms with van der Waals surface area (Å²) in [5.74, 6) is 0.106. The summed E-state index contributed by atoms with van der Waals surface area (Å²) in [4.78, 5) is 39.1. The zero-order chi connectivity index (χ0) is 21.4. The maximum Gasteiger partial charge on any atom is 0.322 e. The third-order valence-electron chi connectivity index (χ3n) is 4.99. The Morgan fingerprint density at radius 2 is 1.07 bits per heavy atom. The first kappa shape index (κ1) is 23.7. The lowest BCUT2D eigenvalue weighted by Gasteiger charge is -2.49. The molecule has 2 fully saturated rings. The highest BCUT2D eigenvalue weighted by Crippen LogP contribution is 2.36. The van der Waals surface area contributed by atoms with Crippen molar-refractivity contribution < 1.29 is 24.4 Å². The zero-order valence-corrected chi connectivity index (χ0v) is 18.3. The second kappa shape index (κ2) is 7.60. The first-order valence-corrected chi connectivity index (χ1v) is 9.42. The Balaban J connectivity index is 0.000000277. The number of hydroxylamine groups is 4. The van der Waals surface area contributed by atoms with Gasteiger partial charge >= 0.3 is 5.97 Å². The highest BCUT2D eigenvalue weighted by Gasteiger charge is 2.47. The Hall–Kier alpha value is -1.31. The normalized spacial score (nSPS) is 26.7. The van der Waals surface area contributed by atoms with Gasteiger partial charge in [0.05, 0.1) is 11.1 Å². The summed E-state index contributed by atoms with van der Waals surface area (Å²) in [5, 5.41) is 12.7. The van der Waals surface area contributed by atoms with E-state index in [0.29, 0.717) is 25.7 Å². The average molecular weight is 385 g/mol. The largest absolute Gasteiger partial charge is 0.367 e. The number of carbonyl (C=O) groups is 3. The molecule has 7 heteroatoms. The van der Waals surface area contributed by atoms with Crippen LogP contribution in [-0.2, 0) is 19.2 Å². The van der Waals surface area contributed by atoms with E-state index in [2.05, 4.69) is 0 Å². The number of ketones is 2. The Kier molecular flexibility index (Phi) is 6.68. The van der Waals surface area contributed by atoms with E-state index in [1.54, 1.807) is 5.06 Å². The Bertz CT molecular complexity index is 567. The molecule has 0 aromatic heterocycles. The Labute approximate surface area is 162 Å². The van der Waals surface area contributed by atoms with Crippen LogP contribution < -0.4 is 0 Å². The second-order valence-corrected chi connectivity index (χ2v) is 10.2. The minimum Gasteiger partial charge on any atom is -0.367 e. The van der Waals surface area contributed by atoms with Crippen LogP contribution in [0.3, 0.4) is 0 Å². The van der Waals surface area contributed by atoms with Crippen LogP contribution in [0.5, 0.6) is 0 Å². The fourth-order valence-electron chi connectivity index (χ4n) is 4.36. The molecule has 2 heterocycles. The van der Waals surface area contributed by atoms with Crippen LogP contribution in [0, 0.1) is 0 Å². The number of piperidine rings is 2. The van der Waals surface area contributed by atoms with E-state index in [-0.39, 0.29) is 17.5 Å². The first-order valence-electron chi connectivity index (χ1n) is 9.42. The predicted molar refractivity (Wildman–Crippen MR) is 102 cm³/mol. The van der Waals surface area contributed by atoms with Crippen LogP contribution in [0.15, 0.2) is 0 Å². The molecule has 0 aliphatic carbocycles. The molecular formula is C20H36N2O5. The van der Waals surface area contributed by atoms with E-state index < -0.39 is 22.2 Å². The van der Waals surface area contributed by atoms with E-state index in [4.69, 9.17) is 4.84 Å². The van der Waals surface area contributed by atoms with Crippen molar-refractivity contribution in [3.8, 4) is 0 Å². The summed E-state index contributed by atoms with van der Waals surface area (Å²) in [5.41, 5.74) is -1.69. The third-order valence-corrected chi connectivity index (χ3v) is 4.99. The predicted octanol–water partition coefficient (Wildman–Crippen LogP) is 3.28. The number of rotatable bonds is 1. The number of hydrogen-bond donors (Lipinski definition) is 1. The van der Waals surface area contributed by atoms with Gasteiger partial charge in [0.2, 0.25) is 0 Å². The molecule has 1 N–H and O–H groups in total. The molecule has 0 aromatic rings. The molecule has 156 valence electrons. The minimum atomic E-state index is -0.426. The summed E-state index contributed by atoms with van der Waals surface area (Å²) in [6.45, 7) is 16.5. The monoisotopic (exact) mass is 384 g/mol. The Morgan fingerprint density at radius 1 is 0.778 bits per heavy atom. The van der Waals surface area contributed by atoms with Gasteiger partial charge in [-0.15, -0.1) is 5.06 Å². The topological polar surface area (TPSA) is 87.2 Å². The molecule has 7 nitrogen and oxygen atoms in total. The minimum absolute atomic E-state index is 0.216. The van der Waals surface area contributed by atoms with Crippen molar-refractivity contribution in [2.75, 3.05) is 0 Å². The smallest absolute Gasteiger partial charge is 0.322 e. The van der Waals surface area contributed by atoms with Gasteiger partial charge < -0.3 is 10.0 Å². The molecule has 0 bridgehead atoms. The average Bonchev–Trinajstić information content (AvgIpc) is 2.38. The maximum absolute atomic E-state index is 11.6. The van der Waals surface area contributed by atoms with Gasteiger partial charge in [0, 0.05) is 43.7 Å². The number of carbonyl (C=O) groups excluding carboxylic acids is 3. The second-order valence-electron chi connectivity index (χ2n) is 10.2. The van der Waals surface area contributed by atoms with E-state index in [1.807, 2.05) is 55.4 Å².